The van der Waals surface area contributed by atoms with Crippen molar-refractivity contribution in [3.05, 3.63) is 88.4 Å². The van der Waals surface area contributed by atoms with Crippen molar-refractivity contribution in [1.29, 1.82) is 0 Å². The number of rotatable bonds is 9. The predicted octanol–water partition coefficient (Wildman–Crippen LogP) is 5.69. The summed E-state index contributed by atoms with van der Waals surface area (Å²) < 4.78 is 0. The van der Waals surface area contributed by atoms with E-state index in [0.717, 1.165) is 24.8 Å². The van der Waals surface area contributed by atoms with Crippen LogP contribution in [0.15, 0.2) is 66.7 Å². The molecular formula is C33H36ClN5O5. The van der Waals surface area contributed by atoms with E-state index in [4.69, 9.17) is 11.6 Å². The Labute approximate surface area is 261 Å². The Kier molecular flexibility index (Phi) is 9.69. The monoisotopic (exact) mass is 617 g/mol. The average molecular weight is 618 g/mol. The molecule has 0 spiro atoms. The Morgan fingerprint density at radius 1 is 0.909 bits per heavy atom. The van der Waals surface area contributed by atoms with E-state index in [9.17, 15) is 24.3 Å². The number of amides is 4. The molecule has 3 aromatic rings. The fraction of sp³-hybridized carbons (Fsp3) is 0.333. The van der Waals surface area contributed by atoms with Crippen molar-refractivity contribution < 1.29 is 24.3 Å². The molecule has 1 aliphatic heterocycles. The standard InChI is InChI=1S/C33H36ClN5O5/c1-21-3-5-22(6-4-21)27(20-30(40)41)36-31(42)24-9-14-29(38-15-2-16-39(18-17-38)32(43)23-7-8-23)28(19-24)37-33(44)35-26-12-10-25(34)11-13-26/h3-6,9-14,19,23,27H,2,7-8,15-18,20H2,1H3,(H,36,42)(H,40,41)(H2,35,37,44). The van der Waals surface area contributed by atoms with Crippen LogP contribution in [-0.4, -0.2) is 60.0 Å². The van der Waals surface area contributed by atoms with Crippen LogP contribution >= 0.6 is 11.6 Å². The summed E-state index contributed by atoms with van der Waals surface area (Å²) in [6, 6.07) is 17.8. The molecule has 4 amide bonds. The Morgan fingerprint density at radius 2 is 1.64 bits per heavy atom. The number of nitrogens with one attached hydrogen (secondary N) is 3. The van der Waals surface area contributed by atoms with E-state index in [2.05, 4.69) is 20.9 Å². The van der Waals surface area contributed by atoms with Gasteiger partial charge in [-0.3, -0.25) is 14.4 Å². The van der Waals surface area contributed by atoms with Crippen molar-refractivity contribution in [3.63, 3.8) is 0 Å². The zero-order chi connectivity index (χ0) is 31.2. The third-order valence-electron chi connectivity index (χ3n) is 7.85. The maximum Gasteiger partial charge on any atom is 0.323 e. The van der Waals surface area contributed by atoms with Gasteiger partial charge in [0.1, 0.15) is 0 Å². The molecule has 1 unspecified atom stereocenters. The highest BCUT2D eigenvalue weighted by Gasteiger charge is 2.34. The molecule has 3 aromatic carbocycles. The van der Waals surface area contributed by atoms with Crippen molar-refractivity contribution in [3.8, 4) is 0 Å². The molecule has 1 aliphatic carbocycles. The van der Waals surface area contributed by atoms with Gasteiger partial charge >= 0.3 is 12.0 Å². The smallest absolute Gasteiger partial charge is 0.323 e. The number of urea groups is 1. The van der Waals surface area contributed by atoms with Crippen LogP contribution in [0.4, 0.5) is 21.9 Å². The molecule has 2 fully saturated rings. The van der Waals surface area contributed by atoms with E-state index in [-0.39, 0.29) is 23.8 Å². The van der Waals surface area contributed by atoms with E-state index in [1.54, 1.807) is 54.6 Å². The first-order valence-corrected chi connectivity index (χ1v) is 15.1. The molecule has 10 nitrogen and oxygen atoms in total. The minimum absolute atomic E-state index is 0.151. The molecule has 1 saturated heterocycles. The fourth-order valence-corrected chi connectivity index (χ4v) is 5.43. The third kappa shape index (κ3) is 8.08. The number of aryl methyl sites for hydroxylation is 1. The van der Waals surface area contributed by atoms with Crippen LogP contribution in [0.5, 0.6) is 0 Å². The Morgan fingerprint density at radius 3 is 2.32 bits per heavy atom. The van der Waals surface area contributed by atoms with Crippen molar-refractivity contribution in [2.75, 3.05) is 41.7 Å². The largest absolute Gasteiger partial charge is 0.481 e. The molecule has 44 heavy (non-hydrogen) atoms. The summed E-state index contributed by atoms with van der Waals surface area (Å²) in [6.07, 6.45) is 2.39. The Bertz CT molecular complexity index is 1520. The highest BCUT2D eigenvalue weighted by atomic mass is 35.5. The van der Waals surface area contributed by atoms with Crippen LogP contribution in [-0.2, 0) is 9.59 Å². The van der Waals surface area contributed by atoms with Crippen LogP contribution in [0.3, 0.4) is 0 Å². The summed E-state index contributed by atoms with van der Waals surface area (Å²) in [6.45, 7) is 4.42. The molecule has 230 valence electrons. The number of carboxylic acid groups (broad SMARTS) is 1. The topological polar surface area (TPSA) is 131 Å². The summed E-state index contributed by atoms with van der Waals surface area (Å²) in [4.78, 5) is 54.9. The van der Waals surface area contributed by atoms with Gasteiger partial charge in [-0.25, -0.2) is 4.79 Å². The quantitative estimate of drug-likeness (QED) is 0.244. The molecule has 0 radical (unpaired) electrons. The van der Waals surface area contributed by atoms with Gasteiger partial charge in [0.25, 0.3) is 5.91 Å². The van der Waals surface area contributed by atoms with Crippen LogP contribution in [0, 0.1) is 12.8 Å². The van der Waals surface area contributed by atoms with E-state index >= 15 is 0 Å². The normalized spacial score (nSPS) is 15.6. The number of nitrogens with zero attached hydrogens (tertiary/aromatic N) is 2. The minimum atomic E-state index is -1.04. The fourth-order valence-electron chi connectivity index (χ4n) is 5.31. The second-order valence-corrected chi connectivity index (χ2v) is 11.7. The van der Waals surface area contributed by atoms with Crippen LogP contribution < -0.4 is 20.9 Å². The zero-order valence-corrected chi connectivity index (χ0v) is 25.3. The highest BCUT2D eigenvalue weighted by molar-refractivity contribution is 6.30. The Balaban J connectivity index is 1.38. The number of carbonyl (C=O) groups is 4. The molecule has 0 aromatic heterocycles. The predicted molar refractivity (Wildman–Crippen MR) is 170 cm³/mol. The number of hydrogen-bond acceptors (Lipinski definition) is 5. The molecule has 5 rings (SSSR count). The van der Waals surface area contributed by atoms with Crippen molar-refractivity contribution in [2.24, 2.45) is 5.92 Å². The summed E-state index contributed by atoms with van der Waals surface area (Å²) >= 11 is 5.98. The first-order valence-electron chi connectivity index (χ1n) is 14.8. The lowest BCUT2D eigenvalue weighted by Crippen LogP contribution is -2.36. The molecule has 0 bridgehead atoms. The molecule has 4 N–H and O–H groups in total. The number of carbonyl (C=O) groups excluding carboxylic acids is 3. The summed E-state index contributed by atoms with van der Waals surface area (Å²) in [5, 5.41) is 18.6. The van der Waals surface area contributed by atoms with E-state index in [1.165, 1.54) is 0 Å². The number of halogens is 1. The van der Waals surface area contributed by atoms with E-state index in [1.807, 2.05) is 24.0 Å². The molecule has 11 heteroatoms. The van der Waals surface area contributed by atoms with Crippen LogP contribution in [0.1, 0.15) is 53.2 Å². The number of carboxylic acids is 1. The summed E-state index contributed by atoms with van der Waals surface area (Å²) in [7, 11) is 0. The molecule has 2 aliphatic rings. The molecular weight excluding hydrogens is 582 g/mol. The van der Waals surface area contributed by atoms with Gasteiger partial charge in [0, 0.05) is 48.4 Å². The van der Waals surface area contributed by atoms with Gasteiger partial charge in [-0.1, -0.05) is 41.4 Å². The number of hydrogen-bond donors (Lipinski definition) is 4. The number of aliphatic carboxylic acids is 1. The second-order valence-electron chi connectivity index (χ2n) is 11.3. The van der Waals surface area contributed by atoms with Crippen molar-refractivity contribution in [2.45, 2.75) is 38.6 Å². The van der Waals surface area contributed by atoms with Gasteiger partial charge in [0.2, 0.25) is 5.91 Å². The molecule has 1 saturated carbocycles. The van der Waals surface area contributed by atoms with E-state index < -0.39 is 23.9 Å². The first-order chi connectivity index (χ1) is 21.2. The van der Waals surface area contributed by atoms with E-state index in [0.29, 0.717) is 53.8 Å². The van der Waals surface area contributed by atoms with Gasteiger partial charge in [0.05, 0.1) is 23.8 Å². The second kappa shape index (κ2) is 13.8. The lowest BCUT2D eigenvalue weighted by Gasteiger charge is -2.27. The highest BCUT2D eigenvalue weighted by Crippen LogP contribution is 2.33. The number of anilines is 3. The molecule has 1 heterocycles. The first kappa shape index (κ1) is 30.9. The zero-order valence-electron chi connectivity index (χ0n) is 24.5. The molecule has 1 atom stereocenters. The van der Waals surface area contributed by atoms with Gasteiger partial charge in [0.15, 0.2) is 0 Å². The lowest BCUT2D eigenvalue weighted by atomic mass is 10.0. The Hall–Kier alpha value is -4.57. The van der Waals surface area contributed by atoms with Crippen LogP contribution in [0.2, 0.25) is 5.02 Å². The van der Waals surface area contributed by atoms with Crippen molar-refractivity contribution in [1.82, 2.24) is 10.2 Å². The third-order valence-corrected chi connectivity index (χ3v) is 8.10. The van der Waals surface area contributed by atoms with Gasteiger partial charge in [-0.05, 0) is 74.2 Å². The lowest BCUT2D eigenvalue weighted by molar-refractivity contribution is -0.137. The van der Waals surface area contributed by atoms with Gasteiger partial charge in [-0.2, -0.15) is 0 Å². The van der Waals surface area contributed by atoms with Crippen LogP contribution in [0.25, 0.3) is 0 Å². The number of benzene rings is 3. The van der Waals surface area contributed by atoms with Gasteiger partial charge < -0.3 is 30.9 Å². The maximum absolute atomic E-state index is 13.5. The summed E-state index contributed by atoms with van der Waals surface area (Å²) in [5.74, 6) is -1.15. The summed E-state index contributed by atoms with van der Waals surface area (Å²) in [5.41, 5.74) is 3.63. The van der Waals surface area contributed by atoms with Crippen molar-refractivity contribution >= 4 is 52.5 Å². The SMILES string of the molecule is Cc1ccc(C(CC(=O)O)NC(=O)c2ccc(N3CCCN(C(=O)C4CC4)CC3)c(NC(=O)Nc3ccc(Cl)cc3)c2)cc1. The average Bonchev–Trinajstić information content (AvgIpc) is 3.86. The minimum Gasteiger partial charge on any atom is -0.481 e. The van der Waals surface area contributed by atoms with Gasteiger partial charge in [-0.15, -0.1) is 0 Å². The maximum atomic E-state index is 13.5.